The standard InChI is InChI=1S/C25H21ClN4O4/c26-16-3-5-17(6-4-16)30-25(32)19-12-27-20-7-2-15(10-18(20)23(19)29-30)24(31)28-11-14-1-8-21-22(9-14)34-13-33-21/h1-10,19,23,27,29H,11-13H2,(H,28,31). The molecule has 0 spiro atoms. The summed E-state index contributed by atoms with van der Waals surface area (Å²) in [5, 5.41) is 8.45. The fourth-order valence-corrected chi connectivity index (χ4v) is 4.69. The van der Waals surface area contributed by atoms with E-state index in [1.54, 1.807) is 35.3 Å². The van der Waals surface area contributed by atoms with Gasteiger partial charge < -0.3 is 20.1 Å². The van der Waals surface area contributed by atoms with Crippen LogP contribution in [0.3, 0.4) is 0 Å². The van der Waals surface area contributed by atoms with Crippen LogP contribution in [0, 0.1) is 5.92 Å². The summed E-state index contributed by atoms with van der Waals surface area (Å²) >= 11 is 6.00. The Morgan fingerprint density at radius 2 is 1.88 bits per heavy atom. The zero-order chi connectivity index (χ0) is 23.2. The maximum atomic E-state index is 13.1. The summed E-state index contributed by atoms with van der Waals surface area (Å²) in [5.74, 6) is 0.887. The molecule has 34 heavy (non-hydrogen) atoms. The number of rotatable bonds is 4. The molecule has 8 nitrogen and oxygen atoms in total. The molecule has 3 aliphatic rings. The highest BCUT2D eigenvalue weighted by molar-refractivity contribution is 6.30. The Hall–Kier alpha value is -3.75. The predicted molar refractivity (Wildman–Crippen MR) is 127 cm³/mol. The average Bonchev–Trinajstić information content (AvgIpc) is 3.47. The summed E-state index contributed by atoms with van der Waals surface area (Å²) in [7, 11) is 0. The maximum absolute atomic E-state index is 13.1. The number of ether oxygens (including phenoxy) is 2. The van der Waals surface area contributed by atoms with Crippen LogP contribution in [0.1, 0.15) is 27.5 Å². The van der Waals surface area contributed by atoms with E-state index in [2.05, 4.69) is 16.1 Å². The maximum Gasteiger partial charge on any atom is 0.251 e. The molecule has 172 valence electrons. The quantitative estimate of drug-likeness (QED) is 0.532. The van der Waals surface area contributed by atoms with E-state index in [9.17, 15) is 9.59 Å². The SMILES string of the molecule is O=C(NCc1ccc2c(c1)OCO2)c1ccc2c(c1)C1NN(c3ccc(Cl)cc3)C(=O)C1CN2. The second-order valence-electron chi connectivity index (χ2n) is 8.42. The van der Waals surface area contributed by atoms with Crippen molar-refractivity contribution in [2.75, 3.05) is 23.7 Å². The number of nitrogens with one attached hydrogen (secondary N) is 3. The number of amides is 2. The minimum absolute atomic E-state index is 0.0249. The Kier molecular flexibility index (Phi) is 5.04. The third-order valence-corrected chi connectivity index (χ3v) is 6.60. The molecule has 0 aromatic heterocycles. The van der Waals surface area contributed by atoms with E-state index >= 15 is 0 Å². The number of benzene rings is 3. The second-order valence-corrected chi connectivity index (χ2v) is 8.85. The van der Waals surface area contributed by atoms with E-state index in [1.807, 2.05) is 30.3 Å². The van der Waals surface area contributed by atoms with Crippen molar-refractivity contribution in [1.82, 2.24) is 10.7 Å². The highest BCUT2D eigenvalue weighted by Crippen LogP contribution is 2.40. The Morgan fingerprint density at radius 1 is 1.06 bits per heavy atom. The lowest BCUT2D eigenvalue weighted by Gasteiger charge is -2.27. The molecular formula is C25H21ClN4O4. The lowest BCUT2D eigenvalue weighted by Crippen LogP contribution is -2.35. The largest absolute Gasteiger partial charge is 0.454 e. The normalized spacial score (nSPS) is 19.9. The number of carbonyl (C=O) groups excluding carboxylic acids is 2. The Balaban J connectivity index is 1.20. The number of fused-ring (bicyclic) bond motifs is 4. The fraction of sp³-hybridized carbons (Fsp3) is 0.200. The first kappa shape index (κ1) is 20.8. The molecule has 1 saturated heterocycles. The van der Waals surface area contributed by atoms with Crippen LogP contribution in [0.4, 0.5) is 11.4 Å². The first-order chi connectivity index (χ1) is 16.6. The fourth-order valence-electron chi connectivity index (χ4n) is 4.56. The second kappa shape index (κ2) is 8.23. The summed E-state index contributed by atoms with van der Waals surface area (Å²) in [4.78, 5) is 26.0. The number of hydrogen-bond acceptors (Lipinski definition) is 6. The molecule has 3 aliphatic heterocycles. The first-order valence-corrected chi connectivity index (χ1v) is 11.3. The van der Waals surface area contributed by atoms with Gasteiger partial charge in [0.15, 0.2) is 11.5 Å². The molecule has 2 unspecified atom stereocenters. The first-order valence-electron chi connectivity index (χ1n) is 11.0. The zero-order valence-corrected chi connectivity index (χ0v) is 18.8. The van der Waals surface area contributed by atoms with Crippen molar-refractivity contribution in [3.05, 3.63) is 82.4 Å². The summed E-state index contributed by atoms with van der Waals surface area (Å²) in [6.45, 7) is 1.09. The van der Waals surface area contributed by atoms with Crippen molar-refractivity contribution in [2.45, 2.75) is 12.6 Å². The van der Waals surface area contributed by atoms with Crippen LogP contribution in [0.25, 0.3) is 0 Å². The van der Waals surface area contributed by atoms with Crippen LogP contribution in [0.5, 0.6) is 11.5 Å². The van der Waals surface area contributed by atoms with E-state index in [4.69, 9.17) is 21.1 Å². The predicted octanol–water partition coefficient (Wildman–Crippen LogP) is 3.63. The summed E-state index contributed by atoms with van der Waals surface area (Å²) in [6, 6.07) is 18.0. The summed E-state index contributed by atoms with van der Waals surface area (Å²) in [5.41, 5.74) is 7.29. The van der Waals surface area contributed by atoms with Crippen molar-refractivity contribution in [3.8, 4) is 11.5 Å². The van der Waals surface area contributed by atoms with Crippen LogP contribution < -0.4 is 30.5 Å². The lowest BCUT2D eigenvalue weighted by atomic mass is 9.88. The zero-order valence-electron chi connectivity index (χ0n) is 18.0. The van der Waals surface area contributed by atoms with E-state index in [0.717, 1.165) is 22.5 Å². The third kappa shape index (κ3) is 3.61. The van der Waals surface area contributed by atoms with E-state index in [0.29, 0.717) is 35.2 Å². The van der Waals surface area contributed by atoms with Crippen LogP contribution in [0.15, 0.2) is 60.7 Å². The highest BCUT2D eigenvalue weighted by atomic mass is 35.5. The number of halogens is 1. The van der Waals surface area contributed by atoms with Gasteiger partial charge in [0, 0.05) is 29.4 Å². The molecule has 0 bridgehead atoms. The molecule has 3 heterocycles. The minimum Gasteiger partial charge on any atom is -0.454 e. The van der Waals surface area contributed by atoms with E-state index in [1.165, 1.54) is 0 Å². The minimum atomic E-state index is -0.282. The van der Waals surface area contributed by atoms with Gasteiger partial charge in [0.05, 0.1) is 17.6 Å². The van der Waals surface area contributed by atoms with Crippen LogP contribution in [0.2, 0.25) is 5.02 Å². The van der Waals surface area contributed by atoms with Crippen molar-refractivity contribution < 1.29 is 19.1 Å². The van der Waals surface area contributed by atoms with Crippen molar-refractivity contribution in [1.29, 1.82) is 0 Å². The molecule has 1 fully saturated rings. The van der Waals surface area contributed by atoms with Gasteiger partial charge in [-0.1, -0.05) is 17.7 Å². The highest BCUT2D eigenvalue weighted by Gasteiger charge is 2.44. The van der Waals surface area contributed by atoms with Gasteiger partial charge in [-0.25, -0.2) is 10.4 Å². The topological polar surface area (TPSA) is 91.9 Å². The molecule has 6 rings (SSSR count). The Bertz CT molecular complexity index is 1300. The number of carbonyl (C=O) groups is 2. The van der Waals surface area contributed by atoms with Gasteiger partial charge in [0.1, 0.15) is 0 Å². The van der Waals surface area contributed by atoms with Crippen molar-refractivity contribution in [3.63, 3.8) is 0 Å². The number of nitrogens with zero attached hydrogens (tertiary/aromatic N) is 1. The monoisotopic (exact) mass is 476 g/mol. The van der Waals surface area contributed by atoms with E-state index in [-0.39, 0.29) is 30.6 Å². The lowest BCUT2D eigenvalue weighted by molar-refractivity contribution is -0.120. The van der Waals surface area contributed by atoms with Crippen LogP contribution in [-0.2, 0) is 11.3 Å². The number of hydrogen-bond donors (Lipinski definition) is 3. The molecule has 0 saturated carbocycles. The molecule has 2 atom stereocenters. The van der Waals surface area contributed by atoms with Gasteiger partial charge in [0.2, 0.25) is 12.7 Å². The molecule has 9 heteroatoms. The van der Waals surface area contributed by atoms with Gasteiger partial charge in [-0.3, -0.25) is 9.59 Å². The van der Waals surface area contributed by atoms with Gasteiger partial charge in [0.25, 0.3) is 5.91 Å². The smallest absolute Gasteiger partial charge is 0.251 e. The number of hydrazine groups is 1. The van der Waals surface area contributed by atoms with Gasteiger partial charge in [-0.2, -0.15) is 0 Å². The van der Waals surface area contributed by atoms with Gasteiger partial charge >= 0.3 is 0 Å². The molecule has 0 aliphatic carbocycles. The molecule has 3 N–H and O–H groups in total. The Morgan fingerprint density at radius 3 is 2.74 bits per heavy atom. The molecule has 0 radical (unpaired) electrons. The van der Waals surface area contributed by atoms with Crippen LogP contribution >= 0.6 is 11.6 Å². The summed E-state index contributed by atoms with van der Waals surface area (Å²) in [6.07, 6.45) is 0. The van der Waals surface area contributed by atoms with Gasteiger partial charge in [-0.15, -0.1) is 0 Å². The van der Waals surface area contributed by atoms with Crippen molar-refractivity contribution >= 4 is 34.8 Å². The molecular weight excluding hydrogens is 456 g/mol. The van der Waals surface area contributed by atoms with Gasteiger partial charge in [-0.05, 0) is 65.7 Å². The molecule has 2 amide bonds. The third-order valence-electron chi connectivity index (χ3n) is 6.34. The van der Waals surface area contributed by atoms with Crippen molar-refractivity contribution in [2.24, 2.45) is 5.92 Å². The molecule has 3 aromatic rings. The average molecular weight is 477 g/mol. The van der Waals surface area contributed by atoms with E-state index < -0.39 is 0 Å². The number of anilines is 2. The molecule has 3 aromatic carbocycles. The summed E-state index contributed by atoms with van der Waals surface area (Å²) < 4.78 is 10.7. The van der Waals surface area contributed by atoms with Crippen LogP contribution in [-0.4, -0.2) is 25.2 Å². The Labute approximate surface area is 200 Å².